The molecule has 8 atom stereocenters. The minimum Gasteiger partial charge on any atom is -0.487 e. The van der Waals surface area contributed by atoms with E-state index < -0.39 is 29.1 Å². The van der Waals surface area contributed by atoms with Crippen LogP contribution in [0.25, 0.3) is 0 Å². The molecule has 11 heteroatoms. The van der Waals surface area contributed by atoms with Gasteiger partial charge in [0.15, 0.2) is 0 Å². The van der Waals surface area contributed by atoms with Crippen LogP contribution in [0.2, 0.25) is 0 Å². The van der Waals surface area contributed by atoms with Gasteiger partial charge in [0.05, 0.1) is 0 Å². The first-order valence-corrected chi connectivity index (χ1v) is 30.9. The Labute approximate surface area is 477 Å². The minimum absolute atomic E-state index is 0.00792. The molecule has 11 nitrogen and oxygen atoms in total. The van der Waals surface area contributed by atoms with E-state index in [9.17, 15) is 19.2 Å². The summed E-state index contributed by atoms with van der Waals surface area (Å²) in [7, 11) is 0. The second-order valence-corrected chi connectivity index (χ2v) is 27.2. The molecule has 0 N–H and O–H groups in total. The summed E-state index contributed by atoms with van der Waals surface area (Å²) in [6.45, 7) is 34.8. The lowest BCUT2D eigenvalue weighted by molar-refractivity contribution is -0.172. The number of hydrogen-bond acceptors (Lipinski definition) is 11. The third-order valence-corrected chi connectivity index (χ3v) is 19.5. The average Bonchev–Trinajstić information content (AvgIpc) is 4.05. The molecule has 3 saturated carbocycles. The van der Waals surface area contributed by atoms with E-state index in [1.54, 1.807) is 19.4 Å². The van der Waals surface area contributed by atoms with Crippen LogP contribution in [0, 0.1) is 78.4 Å². The van der Waals surface area contributed by atoms with Crippen molar-refractivity contribution in [3.05, 3.63) is 69.9 Å². The Kier molecular flexibility index (Phi) is 22.5. The number of cyclic esters (lactones) is 4. The van der Waals surface area contributed by atoms with Crippen LogP contribution in [-0.2, 0) is 39.7 Å². The van der Waals surface area contributed by atoms with Gasteiger partial charge in [-0.25, -0.2) is 9.59 Å². The summed E-state index contributed by atoms with van der Waals surface area (Å²) < 4.78 is 38.4. The van der Waals surface area contributed by atoms with E-state index in [4.69, 9.17) is 33.2 Å². The lowest BCUT2D eigenvalue weighted by Crippen LogP contribution is -2.45. The maximum absolute atomic E-state index is 13.1. The van der Waals surface area contributed by atoms with Gasteiger partial charge < -0.3 is 33.2 Å². The summed E-state index contributed by atoms with van der Waals surface area (Å²) in [4.78, 5) is 48.5. The van der Waals surface area contributed by atoms with Gasteiger partial charge in [0.25, 0.3) is 0 Å². The Balaban J connectivity index is 0.000000256. The fourth-order valence-electron chi connectivity index (χ4n) is 13.2. The highest BCUT2D eigenvalue weighted by molar-refractivity contribution is 5.82. The molecule has 1 aromatic rings. The Bertz CT molecular complexity index is 2370. The van der Waals surface area contributed by atoms with Crippen LogP contribution in [0.1, 0.15) is 220 Å². The molecular weight excluding hydrogens is 993 g/mol. The lowest BCUT2D eigenvalue weighted by atomic mass is 9.60. The number of carbonyl (C=O) groups is 4. The maximum atomic E-state index is 13.1. The van der Waals surface area contributed by atoms with Crippen LogP contribution >= 0.6 is 0 Å². The van der Waals surface area contributed by atoms with Crippen molar-refractivity contribution in [2.24, 2.45) is 57.7 Å². The Morgan fingerprint density at radius 1 is 0.671 bits per heavy atom. The molecule has 6 aliphatic rings. The number of ether oxygens (including phenoxy) is 7. The minimum atomic E-state index is -1.03. The zero-order valence-corrected chi connectivity index (χ0v) is 51.6. The first kappa shape index (κ1) is 63.6. The summed E-state index contributed by atoms with van der Waals surface area (Å²) in [6, 6.07) is 0. The van der Waals surface area contributed by atoms with E-state index in [0.29, 0.717) is 41.3 Å². The van der Waals surface area contributed by atoms with Gasteiger partial charge in [0.1, 0.15) is 60.5 Å². The SMILES string of the molecule is C=C1CC[C@H](OC(=O)C2(C)COC(=O)OC2)C/C1=C/C=C1\CCC[C@]2([C@H](C)/C=C/[C@H](C)C(C)C)CCC[C@@H]12.Cc1c(C)c2c(c(C)c1OC(=O)C1(C)COC(=O)OC1)CC[C@@](C)(CCC[C@H](C)CCC[C@H](C)CCCC(C)C)O2. The van der Waals surface area contributed by atoms with Crippen LogP contribution < -0.4 is 9.47 Å². The first-order chi connectivity index (χ1) is 37.3. The van der Waals surface area contributed by atoms with Crippen LogP contribution in [0.3, 0.4) is 0 Å². The normalized spacial score (nSPS) is 27.1. The zero-order chi connectivity index (χ0) is 57.9. The van der Waals surface area contributed by atoms with Crippen molar-refractivity contribution in [1.82, 2.24) is 0 Å². The highest BCUT2D eigenvalue weighted by Crippen LogP contribution is 2.59. The zero-order valence-electron chi connectivity index (χ0n) is 51.6. The van der Waals surface area contributed by atoms with Crippen molar-refractivity contribution in [1.29, 1.82) is 0 Å². The van der Waals surface area contributed by atoms with E-state index in [1.807, 2.05) is 13.8 Å². The molecule has 0 bridgehead atoms. The molecule has 2 saturated heterocycles. The van der Waals surface area contributed by atoms with Crippen molar-refractivity contribution in [3.8, 4) is 11.5 Å². The van der Waals surface area contributed by atoms with Crippen molar-refractivity contribution < 1.29 is 52.3 Å². The summed E-state index contributed by atoms with van der Waals surface area (Å²) in [6.07, 6.45) is 31.3. The first-order valence-electron chi connectivity index (χ1n) is 30.9. The average molecular weight is 1100 g/mol. The number of esters is 2. The summed E-state index contributed by atoms with van der Waals surface area (Å²) >= 11 is 0. The third kappa shape index (κ3) is 16.6. The molecular formula is C68H104O11. The molecule has 5 fully saturated rings. The Hall–Kier alpha value is -4.54. The van der Waals surface area contributed by atoms with Gasteiger partial charge in [-0.2, -0.15) is 0 Å². The van der Waals surface area contributed by atoms with Gasteiger partial charge >= 0.3 is 24.2 Å². The maximum Gasteiger partial charge on any atom is 0.508 e. The van der Waals surface area contributed by atoms with E-state index in [-0.39, 0.29) is 44.1 Å². The van der Waals surface area contributed by atoms with E-state index in [2.05, 4.69) is 100 Å². The quantitative estimate of drug-likeness (QED) is 0.0504. The molecule has 3 heterocycles. The standard InChI is InChI=1S/C35H56O6.C33H48O5/c1-23(2)13-10-14-24(3)15-11-16-25(4)17-12-19-35(9)20-18-29-28(7)30(26(5)27(6)31(29)41-35)40-32(36)34(8)21-38-33(37)39-22-34;1-22(2)23(3)11-13-25(5)33-17-7-9-26(29(33)10-8-18-33)14-15-27-19-28(16-12-24(27)4)38-30(34)32(6)20-36-31(35)37-21-32/h23-25H,10-22H2,1-9H3;11,13-15,22-23,25,28-29H,4,7-10,12,16-21H2,1-3,5-6H3/b;13-11+,26-14+,27-15-/t24-,25-,35-;23-,25+,28-,29-,33+/m10/s1. The summed E-state index contributed by atoms with van der Waals surface area (Å²) in [5.41, 5.74) is 6.13. The molecule has 3 aliphatic heterocycles. The molecule has 442 valence electrons. The second-order valence-electron chi connectivity index (χ2n) is 27.2. The molecule has 1 aromatic carbocycles. The van der Waals surface area contributed by atoms with Crippen molar-refractivity contribution in [2.75, 3.05) is 26.4 Å². The van der Waals surface area contributed by atoms with Gasteiger partial charge in [0.2, 0.25) is 0 Å². The summed E-state index contributed by atoms with van der Waals surface area (Å²) in [5.74, 6) is 5.66. The predicted molar refractivity (Wildman–Crippen MR) is 314 cm³/mol. The van der Waals surface area contributed by atoms with Crippen LogP contribution in [0.4, 0.5) is 9.59 Å². The molecule has 7 rings (SSSR count). The molecule has 0 aromatic heterocycles. The number of hydrogen-bond donors (Lipinski definition) is 0. The fraction of sp³-hybridized carbons (Fsp3) is 0.735. The highest BCUT2D eigenvalue weighted by atomic mass is 16.7. The Morgan fingerprint density at radius 3 is 1.86 bits per heavy atom. The number of fused-ring (bicyclic) bond motifs is 2. The van der Waals surface area contributed by atoms with Crippen LogP contribution in [0.15, 0.2) is 47.6 Å². The van der Waals surface area contributed by atoms with Crippen LogP contribution in [-0.4, -0.2) is 62.4 Å². The van der Waals surface area contributed by atoms with E-state index in [1.165, 1.54) is 95.5 Å². The largest absolute Gasteiger partial charge is 0.508 e. The van der Waals surface area contributed by atoms with Gasteiger partial charge in [-0.15, -0.1) is 0 Å². The van der Waals surface area contributed by atoms with Gasteiger partial charge in [-0.3, -0.25) is 9.59 Å². The number of allylic oxidation sites excluding steroid dienone is 6. The van der Waals surface area contributed by atoms with Gasteiger partial charge in [-0.05, 0) is 181 Å². The highest BCUT2D eigenvalue weighted by Gasteiger charge is 2.49. The topological polar surface area (TPSA) is 133 Å². The van der Waals surface area contributed by atoms with Crippen molar-refractivity contribution in [3.63, 3.8) is 0 Å². The second kappa shape index (κ2) is 28.0. The molecule has 0 radical (unpaired) electrons. The van der Waals surface area contributed by atoms with Crippen LogP contribution in [0.5, 0.6) is 11.5 Å². The molecule has 3 aliphatic carbocycles. The van der Waals surface area contributed by atoms with E-state index >= 15 is 0 Å². The van der Waals surface area contributed by atoms with Gasteiger partial charge in [-0.1, -0.05) is 149 Å². The fourth-order valence-corrected chi connectivity index (χ4v) is 13.2. The molecule has 0 spiro atoms. The predicted octanol–water partition coefficient (Wildman–Crippen LogP) is 17.3. The van der Waals surface area contributed by atoms with E-state index in [0.717, 1.165) is 83.4 Å². The Morgan fingerprint density at radius 2 is 1.25 bits per heavy atom. The van der Waals surface area contributed by atoms with Crippen molar-refractivity contribution in [2.45, 2.75) is 237 Å². The van der Waals surface area contributed by atoms with Crippen molar-refractivity contribution >= 4 is 24.2 Å². The van der Waals surface area contributed by atoms with Gasteiger partial charge in [0, 0.05) is 12.0 Å². The summed E-state index contributed by atoms with van der Waals surface area (Å²) in [5, 5.41) is 0. The third-order valence-electron chi connectivity index (χ3n) is 19.5. The molecule has 0 amide bonds. The number of benzene rings is 1. The lowest BCUT2D eigenvalue weighted by Gasteiger charge is -2.45. The smallest absolute Gasteiger partial charge is 0.487 e. The molecule has 0 unspecified atom stereocenters. The number of carbonyl (C=O) groups excluding carboxylic acids is 4. The molecule has 79 heavy (non-hydrogen) atoms. The number of rotatable bonds is 21. The monoisotopic (exact) mass is 1100 g/mol.